The minimum Gasteiger partial charge on any atom is -0.309 e. The van der Waals surface area contributed by atoms with Crippen LogP contribution in [0.15, 0.2) is 208 Å². The molecule has 0 saturated carbocycles. The van der Waals surface area contributed by atoms with E-state index < -0.39 is 0 Å². The van der Waals surface area contributed by atoms with Crippen LogP contribution in [0.3, 0.4) is 0 Å². The summed E-state index contributed by atoms with van der Waals surface area (Å²) in [6.07, 6.45) is 0. The van der Waals surface area contributed by atoms with Crippen LogP contribution < -0.4 is 0 Å². The molecule has 3 heteroatoms. The van der Waals surface area contributed by atoms with Crippen LogP contribution in [0.25, 0.3) is 72.0 Å². The van der Waals surface area contributed by atoms with Crippen LogP contribution in [0.1, 0.15) is 0 Å². The van der Waals surface area contributed by atoms with Crippen molar-refractivity contribution in [2.75, 3.05) is 0 Å². The molecular formula is C48H31NS2. The molecule has 0 fully saturated rings. The number of benzene rings is 8. The van der Waals surface area contributed by atoms with Crippen molar-refractivity contribution in [3.63, 3.8) is 0 Å². The van der Waals surface area contributed by atoms with Gasteiger partial charge in [-0.25, -0.2) is 0 Å². The lowest BCUT2D eigenvalue weighted by atomic mass is 9.93. The SMILES string of the molecule is c1ccc(-c2cccc3c2Sc2cccc(-c4ccc5c6ccccc6n(-c6ccccc6)c5c4)c2-c2ccccc2Sc2ccccc2-3)cc1. The van der Waals surface area contributed by atoms with Crippen molar-refractivity contribution in [3.05, 3.63) is 188 Å². The minimum absolute atomic E-state index is 1.16. The van der Waals surface area contributed by atoms with Gasteiger partial charge in [0, 0.05) is 41.6 Å². The summed E-state index contributed by atoms with van der Waals surface area (Å²) in [5.74, 6) is 0. The fourth-order valence-electron chi connectivity index (χ4n) is 7.60. The Hall–Kier alpha value is -5.74. The molecule has 0 bridgehead atoms. The summed E-state index contributed by atoms with van der Waals surface area (Å²) in [7, 11) is 0. The Morgan fingerprint density at radius 1 is 0.333 bits per heavy atom. The molecule has 0 unspecified atom stereocenters. The normalized spacial score (nSPS) is 12.2. The quantitative estimate of drug-likeness (QED) is 0.182. The molecule has 1 aromatic heterocycles. The van der Waals surface area contributed by atoms with Gasteiger partial charge in [-0.2, -0.15) is 0 Å². The largest absolute Gasteiger partial charge is 0.309 e. The smallest absolute Gasteiger partial charge is 0.0547 e. The molecule has 2 heterocycles. The molecule has 0 N–H and O–H groups in total. The molecule has 10 rings (SSSR count). The number of fused-ring (bicyclic) bond motifs is 9. The molecule has 1 nitrogen and oxygen atoms in total. The standard InChI is InChI=1S/C48H31NS2/c1-3-15-32(16-4-1)36-23-13-24-40-39-20-8-11-26-44(39)50-45-27-12-9-21-41(45)47-35(22-14-28-46(47)51-48(36)40)33-29-30-38-37-19-7-10-25-42(37)49(43(38)31-33)34-17-5-2-6-18-34/h1-31H. The number of hydrogen-bond acceptors (Lipinski definition) is 2. The summed E-state index contributed by atoms with van der Waals surface area (Å²) in [6, 6.07) is 68.8. The number of rotatable bonds is 3. The van der Waals surface area contributed by atoms with Gasteiger partial charge >= 0.3 is 0 Å². The van der Waals surface area contributed by atoms with E-state index in [1.54, 1.807) is 0 Å². The van der Waals surface area contributed by atoms with Crippen LogP contribution >= 0.6 is 23.5 Å². The van der Waals surface area contributed by atoms with Crippen LogP contribution in [-0.4, -0.2) is 4.57 Å². The molecule has 9 aromatic rings. The molecule has 0 atom stereocenters. The summed E-state index contributed by atoms with van der Waals surface area (Å²) in [4.78, 5) is 5.02. The van der Waals surface area contributed by atoms with Crippen molar-refractivity contribution in [3.8, 4) is 50.2 Å². The van der Waals surface area contributed by atoms with Gasteiger partial charge in [-0.05, 0) is 81.4 Å². The van der Waals surface area contributed by atoms with E-state index in [4.69, 9.17) is 0 Å². The van der Waals surface area contributed by atoms with E-state index in [0.29, 0.717) is 0 Å². The van der Waals surface area contributed by atoms with Gasteiger partial charge in [-0.3, -0.25) is 0 Å². The maximum Gasteiger partial charge on any atom is 0.0547 e. The number of para-hydroxylation sites is 2. The van der Waals surface area contributed by atoms with Gasteiger partial charge in [0.1, 0.15) is 0 Å². The highest BCUT2D eigenvalue weighted by Crippen LogP contribution is 2.53. The monoisotopic (exact) mass is 685 g/mol. The van der Waals surface area contributed by atoms with E-state index in [0.717, 1.165) is 5.69 Å². The summed E-state index contributed by atoms with van der Waals surface area (Å²) in [5, 5.41) is 2.52. The zero-order chi connectivity index (χ0) is 33.7. The minimum atomic E-state index is 1.16. The lowest BCUT2D eigenvalue weighted by Gasteiger charge is -2.23. The summed E-state index contributed by atoms with van der Waals surface area (Å²) in [6.45, 7) is 0. The Balaban J connectivity index is 1.26. The predicted octanol–water partition coefficient (Wildman–Crippen LogP) is 14.1. The molecular weight excluding hydrogens is 655 g/mol. The van der Waals surface area contributed by atoms with Crippen molar-refractivity contribution in [2.45, 2.75) is 19.6 Å². The van der Waals surface area contributed by atoms with Gasteiger partial charge in [0.05, 0.1) is 11.0 Å². The zero-order valence-electron chi connectivity index (χ0n) is 27.7. The summed E-state index contributed by atoms with van der Waals surface area (Å²) >= 11 is 3.75. The average Bonchev–Trinajstić information content (AvgIpc) is 3.53. The highest BCUT2D eigenvalue weighted by Gasteiger charge is 2.24. The molecule has 0 radical (unpaired) electrons. The summed E-state index contributed by atoms with van der Waals surface area (Å²) < 4.78 is 2.41. The number of aromatic nitrogens is 1. The molecule has 0 amide bonds. The van der Waals surface area contributed by atoms with Crippen molar-refractivity contribution >= 4 is 45.3 Å². The van der Waals surface area contributed by atoms with E-state index in [1.165, 1.54) is 85.9 Å². The topological polar surface area (TPSA) is 4.93 Å². The second-order valence-electron chi connectivity index (χ2n) is 12.8. The van der Waals surface area contributed by atoms with Gasteiger partial charge in [0.2, 0.25) is 0 Å². The third kappa shape index (κ3) is 5.12. The third-order valence-electron chi connectivity index (χ3n) is 9.89. The Morgan fingerprint density at radius 2 is 0.922 bits per heavy atom. The Morgan fingerprint density at radius 3 is 1.76 bits per heavy atom. The van der Waals surface area contributed by atoms with Gasteiger partial charge in [-0.15, -0.1) is 0 Å². The van der Waals surface area contributed by atoms with Crippen LogP contribution in [0.2, 0.25) is 0 Å². The first-order valence-corrected chi connectivity index (χ1v) is 18.9. The van der Waals surface area contributed by atoms with Crippen molar-refractivity contribution < 1.29 is 0 Å². The Kier molecular flexibility index (Phi) is 7.41. The van der Waals surface area contributed by atoms with Crippen LogP contribution in [0.5, 0.6) is 0 Å². The van der Waals surface area contributed by atoms with Gasteiger partial charge < -0.3 is 4.57 Å². The van der Waals surface area contributed by atoms with Crippen LogP contribution in [-0.2, 0) is 0 Å². The first-order chi connectivity index (χ1) is 25.3. The van der Waals surface area contributed by atoms with E-state index in [1.807, 2.05) is 23.5 Å². The second kappa shape index (κ2) is 12.5. The molecule has 51 heavy (non-hydrogen) atoms. The average molecular weight is 686 g/mol. The van der Waals surface area contributed by atoms with E-state index >= 15 is 0 Å². The number of nitrogens with zero attached hydrogens (tertiary/aromatic N) is 1. The lowest BCUT2D eigenvalue weighted by Crippen LogP contribution is -1.96. The molecule has 240 valence electrons. The van der Waals surface area contributed by atoms with E-state index in [-0.39, 0.29) is 0 Å². The van der Waals surface area contributed by atoms with E-state index in [2.05, 4.69) is 193 Å². The fraction of sp³-hybridized carbons (Fsp3) is 0. The molecule has 0 spiro atoms. The maximum absolute atomic E-state index is 2.41. The predicted molar refractivity (Wildman–Crippen MR) is 217 cm³/mol. The van der Waals surface area contributed by atoms with Crippen molar-refractivity contribution in [1.29, 1.82) is 0 Å². The Labute approximate surface area is 306 Å². The van der Waals surface area contributed by atoms with Crippen LogP contribution in [0, 0.1) is 0 Å². The summed E-state index contributed by atoms with van der Waals surface area (Å²) in [5.41, 5.74) is 13.5. The second-order valence-corrected chi connectivity index (χ2v) is 15.0. The number of hydrogen-bond donors (Lipinski definition) is 0. The third-order valence-corrected chi connectivity index (χ3v) is 12.2. The van der Waals surface area contributed by atoms with Gasteiger partial charge in [0.25, 0.3) is 0 Å². The lowest BCUT2D eigenvalue weighted by molar-refractivity contribution is 1.18. The molecule has 0 saturated heterocycles. The first kappa shape index (κ1) is 30.1. The van der Waals surface area contributed by atoms with Gasteiger partial charge in [0.15, 0.2) is 0 Å². The van der Waals surface area contributed by atoms with Gasteiger partial charge in [-0.1, -0.05) is 169 Å². The van der Waals surface area contributed by atoms with Crippen molar-refractivity contribution in [1.82, 2.24) is 4.57 Å². The first-order valence-electron chi connectivity index (χ1n) is 17.3. The molecule has 8 aromatic carbocycles. The van der Waals surface area contributed by atoms with E-state index in [9.17, 15) is 0 Å². The van der Waals surface area contributed by atoms with Crippen molar-refractivity contribution in [2.24, 2.45) is 0 Å². The highest BCUT2D eigenvalue weighted by molar-refractivity contribution is 8.00. The molecule has 1 aliphatic rings. The molecule has 1 aliphatic heterocycles. The highest BCUT2D eigenvalue weighted by atomic mass is 32.2. The Bertz CT molecular complexity index is 2740. The van der Waals surface area contributed by atoms with Crippen LogP contribution in [0.4, 0.5) is 0 Å². The zero-order valence-corrected chi connectivity index (χ0v) is 29.3. The maximum atomic E-state index is 2.41. The molecule has 0 aliphatic carbocycles. The fourth-order valence-corrected chi connectivity index (χ4v) is 9.97.